The number of Topliss-reactive ketones (excluding diaryl/α,β-unsaturated/α-hetero) is 1. The number of H-pyrrole nitrogens is 1. The minimum absolute atomic E-state index is 0.0425. The number of nitrogens with zero attached hydrogens (tertiary/aromatic N) is 2. The van der Waals surface area contributed by atoms with Crippen LogP contribution in [0.2, 0.25) is 0 Å². The normalized spacial score (nSPS) is 10.4. The highest BCUT2D eigenvalue weighted by Crippen LogP contribution is 2.16. The molecule has 0 atom stereocenters. The molecule has 0 aliphatic rings. The zero-order chi connectivity index (χ0) is 19.2. The van der Waals surface area contributed by atoms with Crippen LogP contribution in [-0.2, 0) is 4.79 Å². The van der Waals surface area contributed by atoms with Crippen LogP contribution in [0.4, 0.5) is 10.3 Å². The topological polar surface area (TPSA) is 97.0 Å². The molecule has 0 unspecified atom stereocenters. The van der Waals surface area contributed by atoms with Gasteiger partial charge in [-0.3, -0.25) is 20.0 Å². The molecular weight excluding hydrogens is 351 g/mol. The number of rotatable bonds is 7. The van der Waals surface area contributed by atoms with E-state index in [1.54, 1.807) is 43.3 Å². The molecule has 0 radical (unpaired) electrons. The summed E-state index contributed by atoms with van der Waals surface area (Å²) in [7, 11) is 0. The minimum Gasteiger partial charge on any atom is -0.484 e. The van der Waals surface area contributed by atoms with E-state index in [2.05, 4.69) is 20.5 Å². The van der Waals surface area contributed by atoms with Gasteiger partial charge in [-0.05, 0) is 48.5 Å². The number of carbonyl (C=O) groups excluding carboxylic acids is 2. The van der Waals surface area contributed by atoms with E-state index in [0.29, 0.717) is 29.1 Å². The van der Waals surface area contributed by atoms with Gasteiger partial charge in [0.05, 0.1) is 0 Å². The zero-order valence-electron chi connectivity index (χ0n) is 14.5. The maximum absolute atomic E-state index is 13.0. The minimum atomic E-state index is -0.437. The van der Waals surface area contributed by atoms with Gasteiger partial charge in [0.15, 0.2) is 18.2 Å². The van der Waals surface area contributed by atoms with Gasteiger partial charge in [0, 0.05) is 17.5 Å². The van der Waals surface area contributed by atoms with Crippen LogP contribution >= 0.6 is 0 Å². The molecule has 7 nitrogen and oxygen atoms in total. The standard InChI is InChI=1S/C19H17FN4O3/c1-2-16(25)12-5-9-15(10-6-12)27-11-17(26)21-19-22-18(23-24-19)13-3-7-14(20)8-4-13/h3-10H,2,11H2,1H3,(H2,21,22,23,24,26). The average molecular weight is 368 g/mol. The van der Waals surface area contributed by atoms with E-state index >= 15 is 0 Å². The summed E-state index contributed by atoms with van der Waals surface area (Å²) in [5, 5.41) is 9.07. The number of anilines is 1. The average Bonchev–Trinajstić information content (AvgIpc) is 3.15. The first-order chi connectivity index (χ1) is 13.0. The van der Waals surface area contributed by atoms with E-state index in [-0.39, 0.29) is 24.2 Å². The fourth-order valence-electron chi connectivity index (χ4n) is 2.31. The molecule has 138 valence electrons. The summed E-state index contributed by atoms with van der Waals surface area (Å²) in [6.45, 7) is 1.56. The Morgan fingerprint density at radius 2 is 1.81 bits per heavy atom. The van der Waals surface area contributed by atoms with Crippen molar-refractivity contribution in [3.8, 4) is 17.1 Å². The van der Waals surface area contributed by atoms with Crippen LogP contribution in [0.15, 0.2) is 48.5 Å². The Morgan fingerprint density at radius 3 is 2.48 bits per heavy atom. The predicted molar refractivity (Wildman–Crippen MR) is 97.0 cm³/mol. The molecular formula is C19H17FN4O3. The van der Waals surface area contributed by atoms with Crippen LogP contribution in [0.5, 0.6) is 5.75 Å². The van der Waals surface area contributed by atoms with Gasteiger partial charge < -0.3 is 4.74 Å². The van der Waals surface area contributed by atoms with Crippen molar-refractivity contribution in [1.29, 1.82) is 0 Å². The lowest BCUT2D eigenvalue weighted by atomic mass is 10.1. The Kier molecular flexibility index (Phi) is 5.55. The maximum atomic E-state index is 13.0. The number of halogens is 1. The van der Waals surface area contributed by atoms with Crippen LogP contribution in [0, 0.1) is 5.82 Å². The van der Waals surface area contributed by atoms with Crippen molar-refractivity contribution in [2.45, 2.75) is 13.3 Å². The summed E-state index contributed by atoms with van der Waals surface area (Å²) in [5.74, 6) is 0.222. The molecule has 0 saturated heterocycles. The molecule has 1 aromatic heterocycles. The third-order valence-corrected chi connectivity index (χ3v) is 3.72. The van der Waals surface area contributed by atoms with E-state index in [9.17, 15) is 14.0 Å². The number of nitrogens with one attached hydrogen (secondary N) is 2. The van der Waals surface area contributed by atoms with E-state index in [1.165, 1.54) is 12.1 Å². The molecule has 0 fully saturated rings. The van der Waals surface area contributed by atoms with Gasteiger partial charge >= 0.3 is 0 Å². The Bertz CT molecular complexity index is 936. The van der Waals surface area contributed by atoms with Gasteiger partial charge in [-0.25, -0.2) is 4.39 Å². The van der Waals surface area contributed by atoms with Crippen LogP contribution in [0.3, 0.4) is 0 Å². The molecule has 27 heavy (non-hydrogen) atoms. The van der Waals surface area contributed by atoms with E-state index in [1.807, 2.05) is 0 Å². The highest BCUT2D eigenvalue weighted by atomic mass is 19.1. The van der Waals surface area contributed by atoms with Crippen LogP contribution in [-0.4, -0.2) is 33.5 Å². The number of ketones is 1. The van der Waals surface area contributed by atoms with Gasteiger partial charge in [0.1, 0.15) is 11.6 Å². The van der Waals surface area contributed by atoms with Crippen molar-refractivity contribution in [1.82, 2.24) is 15.2 Å². The summed E-state index contributed by atoms with van der Waals surface area (Å²) < 4.78 is 18.3. The second-order valence-electron chi connectivity index (χ2n) is 5.65. The summed E-state index contributed by atoms with van der Waals surface area (Å²) in [4.78, 5) is 27.7. The number of carbonyl (C=O) groups is 2. The number of benzene rings is 2. The smallest absolute Gasteiger partial charge is 0.264 e. The van der Waals surface area contributed by atoms with Crippen molar-refractivity contribution < 1.29 is 18.7 Å². The first-order valence-corrected chi connectivity index (χ1v) is 8.29. The molecule has 0 spiro atoms. The van der Waals surface area contributed by atoms with Crippen molar-refractivity contribution in [2.24, 2.45) is 0 Å². The molecule has 3 aromatic rings. The summed E-state index contributed by atoms with van der Waals surface area (Å²) in [5.41, 5.74) is 1.24. The molecule has 8 heteroatoms. The third kappa shape index (κ3) is 4.75. The fourth-order valence-corrected chi connectivity index (χ4v) is 2.31. The number of hydrogen-bond donors (Lipinski definition) is 2. The Hall–Kier alpha value is -3.55. The Balaban J connectivity index is 1.54. The Labute approximate surface area is 154 Å². The van der Waals surface area contributed by atoms with Gasteiger partial charge in [-0.15, -0.1) is 5.10 Å². The first kappa shape index (κ1) is 18.2. The lowest BCUT2D eigenvalue weighted by molar-refractivity contribution is -0.118. The van der Waals surface area contributed by atoms with Gasteiger partial charge in [-0.2, -0.15) is 4.98 Å². The molecule has 0 saturated carbocycles. The molecule has 0 bridgehead atoms. The molecule has 0 aliphatic carbocycles. The van der Waals surface area contributed by atoms with Gasteiger partial charge in [0.25, 0.3) is 5.91 Å². The first-order valence-electron chi connectivity index (χ1n) is 8.29. The van der Waals surface area contributed by atoms with Crippen LogP contribution < -0.4 is 10.1 Å². The SMILES string of the molecule is CCC(=O)c1ccc(OCC(=O)Nc2n[nH]c(-c3ccc(F)cc3)n2)cc1. The predicted octanol–water partition coefficient (Wildman–Crippen LogP) is 3.22. The second-order valence-corrected chi connectivity index (χ2v) is 5.65. The monoisotopic (exact) mass is 368 g/mol. The van der Waals surface area contributed by atoms with Crippen molar-refractivity contribution in [2.75, 3.05) is 11.9 Å². The second kappa shape index (κ2) is 8.22. The lowest BCUT2D eigenvalue weighted by Crippen LogP contribution is -2.20. The number of aromatic nitrogens is 3. The van der Waals surface area contributed by atoms with E-state index in [0.717, 1.165) is 0 Å². The van der Waals surface area contributed by atoms with Gasteiger partial charge in [0.2, 0.25) is 5.95 Å². The molecule has 3 rings (SSSR count). The molecule has 0 aliphatic heterocycles. The van der Waals surface area contributed by atoms with Crippen LogP contribution in [0.1, 0.15) is 23.7 Å². The highest BCUT2D eigenvalue weighted by molar-refractivity contribution is 5.96. The third-order valence-electron chi connectivity index (χ3n) is 3.72. The van der Waals surface area contributed by atoms with Crippen molar-refractivity contribution in [3.63, 3.8) is 0 Å². The number of ether oxygens (including phenoxy) is 1. The lowest BCUT2D eigenvalue weighted by Gasteiger charge is -2.06. The molecule has 1 heterocycles. The summed E-state index contributed by atoms with van der Waals surface area (Å²) in [6, 6.07) is 12.3. The van der Waals surface area contributed by atoms with Crippen molar-refractivity contribution in [3.05, 3.63) is 59.9 Å². The molecule has 1 amide bonds. The maximum Gasteiger partial charge on any atom is 0.264 e. The van der Waals surface area contributed by atoms with Gasteiger partial charge in [-0.1, -0.05) is 6.92 Å². The number of hydrogen-bond acceptors (Lipinski definition) is 5. The molecule has 2 N–H and O–H groups in total. The van der Waals surface area contributed by atoms with Crippen LogP contribution in [0.25, 0.3) is 11.4 Å². The largest absolute Gasteiger partial charge is 0.484 e. The summed E-state index contributed by atoms with van der Waals surface area (Å²) in [6.07, 6.45) is 0.430. The Morgan fingerprint density at radius 1 is 1.11 bits per heavy atom. The van der Waals surface area contributed by atoms with E-state index < -0.39 is 5.91 Å². The quantitative estimate of drug-likeness (QED) is 0.624. The number of amides is 1. The van der Waals surface area contributed by atoms with E-state index in [4.69, 9.17) is 4.74 Å². The zero-order valence-corrected chi connectivity index (χ0v) is 14.5. The number of aromatic amines is 1. The fraction of sp³-hybridized carbons (Fsp3) is 0.158. The molecule has 2 aromatic carbocycles. The highest BCUT2D eigenvalue weighted by Gasteiger charge is 2.10. The van der Waals surface area contributed by atoms with Crippen molar-refractivity contribution >= 4 is 17.6 Å². The summed E-state index contributed by atoms with van der Waals surface area (Å²) >= 11 is 0.